The molecule has 0 aromatic carbocycles. The third-order valence-electron chi connectivity index (χ3n) is 2.70. The van der Waals surface area contributed by atoms with Gasteiger partial charge >= 0.3 is 0 Å². The second kappa shape index (κ2) is 4.80. The zero-order valence-electron chi connectivity index (χ0n) is 8.43. The Hall–Kier alpha value is -0.120. The van der Waals surface area contributed by atoms with Crippen LogP contribution in [0.2, 0.25) is 0 Å². The summed E-state index contributed by atoms with van der Waals surface area (Å²) in [6.07, 6.45) is 1.20. The van der Waals surface area contributed by atoms with Crippen molar-refractivity contribution in [3.8, 4) is 0 Å². The normalized spacial score (nSPS) is 28.8. The summed E-state index contributed by atoms with van der Waals surface area (Å²) in [6, 6.07) is 1.24. The first kappa shape index (κ1) is 9.96. The molecule has 1 aliphatic heterocycles. The lowest BCUT2D eigenvalue weighted by molar-refractivity contribution is 0.207. The highest BCUT2D eigenvalue weighted by Gasteiger charge is 2.22. The third kappa shape index (κ3) is 2.44. The minimum absolute atomic E-state index is 0.618. The maximum absolute atomic E-state index is 3.55. The van der Waals surface area contributed by atoms with Crippen LogP contribution in [-0.2, 0) is 0 Å². The van der Waals surface area contributed by atoms with Crippen LogP contribution in [0.4, 0.5) is 0 Å². The van der Waals surface area contributed by atoms with Gasteiger partial charge < -0.3 is 15.5 Å². The topological polar surface area (TPSA) is 27.3 Å². The molecule has 3 heteroatoms. The molecule has 1 saturated heterocycles. The monoisotopic (exact) mass is 171 g/mol. The SMILES string of the molecule is CCC(NC)C1CN(C)CCN1. The van der Waals surface area contributed by atoms with E-state index in [4.69, 9.17) is 0 Å². The summed E-state index contributed by atoms with van der Waals surface area (Å²) in [5, 5.41) is 6.90. The summed E-state index contributed by atoms with van der Waals surface area (Å²) in [7, 11) is 4.24. The summed E-state index contributed by atoms with van der Waals surface area (Å²) >= 11 is 0. The Balaban J connectivity index is 2.38. The molecule has 0 bridgehead atoms. The molecule has 2 unspecified atom stereocenters. The van der Waals surface area contributed by atoms with Crippen LogP contribution in [0.3, 0.4) is 0 Å². The largest absolute Gasteiger partial charge is 0.315 e. The van der Waals surface area contributed by atoms with Gasteiger partial charge in [0.05, 0.1) is 0 Å². The molecule has 0 aromatic rings. The minimum atomic E-state index is 0.618. The molecule has 2 N–H and O–H groups in total. The highest BCUT2D eigenvalue weighted by molar-refractivity contribution is 4.85. The van der Waals surface area contributed by atoms with E-state index in [1.54, 1.807) is 0 Å². The van der Waals surface area contributed by atoms with Crippen molar-refractivity contribution in [2.75, 3.05) is 33.7 Å². The van der Waals surface area contributed by atoms with Crippen LogP contribution in [0.5, 0.6) is 0 Å². The van der Waals surface area contributed by atoms with Crippen LogP contribution in [0.15, 0.2) is 0 Å². The number of nitrogens with zero attached hydrogens (tertiary/aromatic N) is 1. The number of hydrogen-bond donors (Lipinski definition) is 2. The Morgan fingerprint density at radius 2 is 2.42 bits per heavy atom. The van der Waals surface area contributed by atoms with Crippen LogP contribution in [0.25, 0.3) is 0 Å². The van der Waals surface area contributed by atoms with Crippen LogP contribution >= 0.6 is 0 Å². The molecule has 1 aliphatic rings. The Labute approximate surface area is 75.5 Å². The average Bonchev–Trinajstić information content (AvgIpc) is 2.07. The van der Waals surface area contributed by atoms with Gasteiger partial charge in [0.1, 0.15) is 0 Å². The number of nitrogens with one attached hydrogen (secondary N) is 2. The molecule has 0 saturated carbocycles. The number of likely N-dealkylation sites (N-methyl/N-ethyl adjacent to an activating group) is 2. The predicted octanol–water partition coefficient (Wildman–Crippen LogP) is -0.112. The van der Waals surface area contributed by atoms with Crippen LogP contribution < -0.4 is 10.6 Å². The van der Waals surface area contributed by atoms with E-state index in [9.17, 15) is 0 Å². The Morgan fingerprint density at radius 3 is 2.92 bits per heavy atom. The molecule has 0 amide bonds. The molecular weight excluding hydrogens is 150 g/mol. The summed E-state index contributed by atoms with van der Waals surface area (Å²) in [5.74, 6) is 0. The zero-order valence-corrected chi connectivity index (χ0v) is 8.43. The summed E-state index contributed by atoms with van der Waals surface area (Å²) in [4.78, 5) is 2.39. The van der Waals surface area contributed by atoms with Gasteiger partial charge in [-0.1, -0.05) is 6.92 Å². The lowest BCUT2D eigenvalue weighted by Gasteiger charge is -2.35. The van der Waals surface area contributed by atoms with E-state index in [1.165, 1.54) is 19.5 Å². The van der Waals surface area contributed by atoms with Crippen molar-refractivity contribution in [1.82, 2.24) is 15.5 Å². The highest BCUT2D eigenvalue weighted by atomic mass is 15.2. The van der Waals surface area contributed by atoms with Gasteiger partial charge in [-0.25, -0.2) is 0 Å². The number of rotatable bonds is 3. The van der Waals surface area contributed by atoms with Crippen molar-refractivity contribution < 1.29 is 0 Å². The van der Waals surface area contributed by atoms with Crippen LogP contribution in [0.1, 0.15) is 13.3 Å². The van der Waals surface area contributed by atoms with E-state index in [1.807, 2.05) is 7.05 Å². The van der Waals surface area contributed by atoms with E-state index >= 15 is 0 Å². The van der Waals surface area contributed by atoms with Crippen molar-refractivity contribution >= 4 is 0 Å². The molecule has 72 valence electrons. The molecule has 0 spiro atoms. The van der Waals surface area contributed by atoms with E-state index in [-0.39, 0.29) is 0 Å². The van der Waals surface area contributed by atoms with Gasteiger partial charge in [0, 0.05) is 31.7 Å². The number of hydrogen-bond acceptors (Lipinski definition) is 3. The van der Waals surface area contributed by atoms with Crippen molar-refractivity contribution in [3.63, 3.8) is 0 Å². The molecule has 0 radical (unpaired) electrons. The van der Waals surface area contributed by atoms with Crippen molar-refractivity contribution in [2.45, 2.75) is 25.4 Å². The van der Waals surface area contributed by atoms with Gasteiger partial charge in [0.15, 0.2) is 0 Å². The molecule has 1 rings (SSSR count). The summed E-state index contributed by atoms with van der Waals surface area (Å²) in [6.45, 7) is 5.70. The van der Waals surface area contributed by atoms with Gasteiger partial charge in [0.25, 0.3) is 0 Å². The summed E-state index contributed by atoms with van der Waals surface area (Å²) < 4.78 is 0. The smallest absolute Gasteiger partial charge is 0.0349 e. The predicted molar refractivity (Wildman–Crippen MR) is 52.4 cm³/mol. The molecule has 1 fully saturated rings. The van der Waals surface area contributed by atoms with E-state index in [0.29, 0.717) is 12.1 Å². The second-order valence-electron chi connectivity index (χ2n) is 3.63. The lowest BCUT2D eigenvalue weighted by Crippen LogP contribution is -2.57. The van der Waals surface area contributed by atoms with Crippen LogP contribution in [0, 0.1) is 0 Å². The highest BCUT2D eigenvalue weighted by Crippen LogP contribution is 2.03. The van der Waals surface area contributed by atoms with Gasteiger partial charge in [0.2, 0.25) is 0 Å². The maximum atomic E-state index is 3.55. The van der Waals surface area contributed by atoms with Gasteiger partial charge in [-0.3, -0.25) is 0 Å². The average molecular weight is 171 g/mol. The second-order valence-corrected chi connectivity index (χ2v) is 3.63. The van der Waals surface area contributed by atoms with Crippen molar-refractivity contribution in [1.29, 1.82) is 0 Å². The first-order chi connectivity index (χ1) is 5.77. The first-order valence-corrected chi connectivity index (χ1v) is 4.87. The van der Waals surface area contributed by atoms with Crippen molar-refractivity contribution in [2.24, 2.45) is 0 Å². The molecule has 2 atom stereocenters. The molecular formula is C9H21N3. The van der Waals surface area contributed by atoms with Crippen molar-refractivity contribution in [3.05, 3.63) is 0 Å². The Morgan fingerprint density at radius 1 is 1.67 bits per heavy atom. The molecule has 0 aromatic heterocycles. The Bertz CT molecular complexity index is 123. The molecule has 12 heavy (non-hydrogen) atoms. The summed E-state index contributed by atoms with van der Waals surface area (Å²) in [5.41, 5.74) is 0. The molecule has 0 aliphatic carbocycles. The fourth-order valence-corrected chi connectivity index (χ4v) is 1.89. The minimum Gasteiger partial charge on any atom is -0.315 e. The van der Waals surface area contributed by atoms with Gasteiger partial charge in [-0.2, -0.15) is 0 Å². The van der Waals surface area contributed by atoms with E-state index in [0.717, 1.165) is 6.54 Å². The van der Waals surface area contributed by atoms with Gasteiger partial charge in [-0.15, -0.1) is 0 Å². The Kier molecular flexibility index (Phi) is 3.98. The van der Waals surface area contributed by atoms with E-state index < -0.39 is 0 Å². The quantitative estimate of drug-likeness (QED) is 0.620. The molecule has 1 heterocycles. The fourth-order valence-electron chi connectivity index (χ4n) is 1.89. The molecule has 3 nitrogen and oxygen atoms in total. The lowest BCUT2D eigenvalue weighted by atomic mass is 10.0. The third-order valence-corrected chi connectivity index (χ3v) is 2.70. The van der Waals surface area contributed by atoms with Crippen LogP contribution in [-0.4, -0.2) is 50.7 Å². The number of piperazine rings is 1. The standard InChI is InChI=1S/C9H21N3/c1-4-8(10-2)9-7-12(3)6-5-11-9/h8-11H,4-7H2,1-3H3. The maximum Gasteiger partial charge on any atom is 0.0349 e. The van der Waals surface area contributed by atoms with E-state index in [2.05, 4.69) is 29.5 Å². The zero-order chi connectivity index (χ0) is 8.97. The first-order valence-electron chi connectivity index (χ1n) is 4.87. The van der Waals surface area contributed by atoms with Gasteiger partial charge in [-0.05, 0) is 20.5 Å². The fraction of sp³-hybridized carbons (Fsp3) is 1.00.